The average molecular weight is 538 g/mol. The molecule has 6 rings (SSSR count). The number of hydrogen-bond donors (Lipinski definition) is 1. The normalized spacial score (nSPS) is 15.5. The third kappa shape index (κ3) is 5.08. The number of nitrogens with zero attached hydrogens (tertiary/aromatic N) is 2. The number of carbonyl (C=O) groups excluding carboxylic acids is 2. The van der Waals surface area contributed by atoms with E-state index < -0.39 is 5.38 Å². The minimum atomic E-state index is -0.758. The second-order valence-electron chi connectivity index (χ2n) is 9.73. The van der Waals surface area contributed by atoms with Crippen LogP contribution in [0.25, 0.3) is 0 Å². The fraction of sp³-hybridized carbons (Fsp3) is 0.188. The molecule has 0 bridgehead atoms. The fourth-order valence-electron chi connectivity index (χ4n) is 5.28. The number of ether oxygens (including phenoxy) is 1. The quantitative estimate of drug-likeness (QED) is 0.308. The molecule has 0 radical (unpaired) electrons. The van der Waals surface area contributed by atoms with E-state index in [0.29, 0.717) is 18.8 Å². The van der Waals surface area contributed by atoms with Crippen LogP contribution < -0.4 is 15.0 Å². The first-order valence-electron chi connectivity index (χ1n) is 13.1. The maximum absolute atomic E-state index is 13.8. The third-order valence-corrected chi connectivity index (χ3v) is 7.79. The van der Waals surface area contributed by atoms with E-state index in [1.165, 1.54) is 0 Å². The van der Waals surface area contributed by atoms with Gasteiger partial charge in [-0.2, -0.15) is 0 Å². The van der Waals surface area contributed by atoms with Gasteiger partial charge in [-0.25, -0.2) is 0 Å². The summed E-state index contributed by atoms with van der Waals surface area (Å²) >= 11 is 6.35. The molecule has 1 saturated heterocycles. The van der Waals surface area contributed by atoms with Gasteiger partial charge in [-0.05, 0) is 42.0 Å². The monoisotopic (exact) mass is 537 g/mol. The van der Waals surface area contributed by atoms with Crippen molar-refractivity contribution in [1.82, 2.24) is 4.90 Å². The molecule has 0 aliphatic carbocycles. The van der Waals surface area contributed by atoms with Crippen molar-refractivity contribution >= 4 is 34.8 Å². The summed E-state index contributed by atoms with van der Waals surface area (Å²) in [6.07, 6.45) is 0. The first-order valence-corrected chi connectivity index (χ1v) is 13.5. The molecule has 4 aromatic carbocycles. The van der Waals surface area contributed by atoms with Crippen LogP contribution in [0.1, 0.15) is 28.0 Å². The molecule has 1 N–H and O–H groups in total. The van der Waals surface area contributed by atoms with Crippen molar-refractivity contribution in [3.63, 3.8) is 0 Å². The molecule has 6 nitrogen and oxygen atoms in total. The number of alkyl halides is 1. The van der Waals surface area contributed by atoms with E-state index in [0.717, 1.165) is 47.0 Å². The summed E-state index contributed by atoms with van der Waals surface area (Å²) in [5.41, 5.74) is 4.32. The van der Waals surface area contributed by atoms with Gasteiger partial charge in [0.05, 0.1) is 5.92 Å². The number of nitrogens with one attached hydrogen (secondary N) is 1. The molecule has 2 aliphatic rings. The molecule has 2 heterocycles. The Balaban J connectivity index is 1.10. The van der Waals surface area contributed by atoms with E-state index in [-0.39, 0.29) is 17.7 Å². The molecule has 0 aromatic heterocycles. The molecule has 1 atom stereocenters. The molecule has 1 fully saturated rings. The molecule has 0 spiro atoms. The molecule has 39 heavy (non-hydrogen) atoms. The minimum Gasteiger partial charge on any atom is -0.457 e. The van der Waals surface area contributed by atoms with E-state index in [1.807, 2.05) is 108 Å². The zero-order chi connectivity index (χ0) is 26.8. The summed E-state index contributed by atoms with van der Waals surface area (Å²) < 4.78 is 6.08. The predicted octanol–water partition coefficient (Wildman–Crippen LogP) is 6.19. The molecule has 4 aromatic rings. The predicted molar refractivity (Wildman–Crippen MR) is 154 cm³/mol. The van der Waals surface area contributed by atoms with E-state index in [9.17, 15) is 9.59 Å². The summed E-state index contributed by atoms with van der Waals surface area (Å²) in [5, 5.41) is 2.13. The number of rotatable bonds is 5. The Morgan fingerprint density at radius 3 is 1.92 bits per heavy atom. The van der Waals surface area contributed by atoms with Gasteiger partial charge in [0.15, 0.2) is 0 Å². The number of benzene rings is 4. The first kappa shape index (κ1) is 25.0. The highest BCUT2D eigenvalue weighted by atomic mass is 35.5. The second-order valence-corrected chi connectivity index (χ2v) is 10.2. The SMILES string of the molecule is O=C(Nc1ccc(N2CCN(C(=O)C3c4ccccc4Oc4ccccc43)CC2)cc1)C(Cl)c1ccccc1. The van der Waals surface area contributed by atoms with Gasteiger partial charge in [0.2, 0.25) is 11.8 Å². The zero-order valence-corrected chi connectivity index (χ0v) is 22.1. The number of carbonyl (C=O) groups is 2. The lowest BCUT2D eigenvalue weighted by Crippen LogP contribution is -2.50. The van der Waals surface area contributed by atoms with Crippen molar-refractivity contribution < 1.29 is 14.3 Å². The van der Waals surface area contributed by atoms with Gasteiger partial charge in [0.25, 0.3) is 0 Å². The van der Waals surface area contributed by atoms with Gasteiger partial charge in [-0.15, -0.1) is 11.6 Å². The Morgan fingerprint density at radius 1 is 0.744 bits per heavy atom. The number of halogens is 1. The van der Waals surface area contributed by atoms with Crippen molar-refractivity contribution in [2.24, 2.45) is 0 Å². The number of fused-ring (bicyclic) bond motifs is 2. The highest BCUT2D eigenvalue weighted by molar-refractivity contribution is 6.32. The Morgan fingerprint density at radius 2 is 1.31 bits per heavy atom. The summed E-state index contributed by atoms with van der Waals surface area (Å²) in [6.45, 7) is 2.71. The average Bonchev–Trinajstić information content (AvgIpc) is 3.00. The largest absolute Gasteiger partial charge is 0.457 e. The van der Waals surface area contributed by atoms with Gasteiger partial charge >= 0.3 is 0 Å². The van der Waals surface area contributed by atoms with Gasteiger partial charge in [-0.1, -0.05) is 66.7 Å². The summed E-state index contributed by atoms with van der Waals surface area (Å²) in [5.74, 6) is 0.945. The van der Waals surface area contributed by atoms with Gasteiger partial charge in [0.1, 0.15) is 16.9 Å². The number of para-hydroxylation sites is 2. The maximum Gasteiger partial charge on any atom is 0.246 e. The highest BCUT2D eigenvalue weighted by Crippen LogP contribution is 2.44. The Bertz CT molecular complexity index is 1440. The van der Waals surface area contributed by atoms with Crippen LogP contribution in [0, 0.1) is 0 Å². The van der Waals surface area contributed by atoms with Gasteiger partial charge in [-0.3, -0.25) is 9.59 Å². The van der Waals surface area contributed by atoms with E-state index in [2.05, 4.69) is 10.2 Å². The van der Waals surface area contributed by atoms with Crippen LogP contribution in [0.4, 0.5) is 11.4 Å². The fourth-order valence-corrected chi connectivity index (χ4v) is 5.48. The van der Waals surface area contributed by atoms with Crippen molar-refractivity contribution in [2.45, 2.75) is 11.3 Å². The molecule has 1 unspecified atom stereocenters. The molecule has 0 saturated carbocycles. The van der Waals surface area contributed by atoms with Crippen molar-refractivity contribution in [1.29, 1.82) is 0 Å². The maximum atomic E-state index is 13.8. The highest BCUT2D eigenvalue weighted by Gasteiger charge is 2.36. The topological polar surface area (TPSA) is 61.9 Å². The van der Waals surface area contributed by atoms with E-state index >= 15 is 0 Å². The standard InChI is InChI=1S/C32H28ClN3O3/c33-30(22-8-2-1-3-9-22)31(37)34-23-14-16-24(17-15-23)35-18-20-36(21-19-35)32(38)29-25-10-4-6-12-27(25)39-28-13-7-5-11-26(28)29/h1-17,29-30H,18-21H2,(H,34,37). The zero-order valence-electron chi connectivity index (χ0n) is 21.3. The minimum absolute atomic E-state index is 0.102. The number of hydrogen-bond acceptors (Lipinski definition) is 4. The molecule has 2 aliphatic heterocycles. The van der Waals surface area contributed by atoms with Crippen LogP contribution in [0.15, 0.2) is 103 Å². The summed E-state index contributed by atoms with van der Waals surface area (Å²) in [6, 6.07) is 32.6. The van der Waals surface area contributed by atoms with Gasteiger partial charge < -0.3 is 19.9 Å². The van der Waals surface area contributed by atoms with Gasteiger partial charge in [0, 0.05) is 48.7 Å². The van der Waals surface area contributed by atoms with Crippen molar-refractivity contribution in [2.75, 3.05) is 36.4 Å². The molecular weight excluding hydrogens is 510 g/mol. The Kier molecular flexibility index (Phi) is 6.95. The van der Waals surface area contributed by atoms with Crippen LogP contribution in [0.3, 0.4) is 0 Å². The first-order chi connectivity index (χ1) is 19.1. The lowest BCUT2D eigenvalue weighted by molar-refractivity contribution is -0.132. The molecule has 7 heteroatoms. The summed E-state index contributed by atoms with van der Waals surface area (Å²) in [4.78, 5) is 30.6. The second kappa shape index (κ2) is 10.8. The van der Waals surface area contributed by atoms with Crippen LogP contribution in [-0.2, 0) is 9.59 Å². The van der Waals surface area contributed by atoms with Crippen LogP contribution in [-0.4, -0.2) is 42.9 Å². The Labute approximate surface area is 232 Å². The number of amides is 2. The lowest BCUT2D eigenvalue weighted by Gasteiger charge is -2.38. The number of piperazine rings is 1. The van der Waals surface area contributed by atoms with E-state index in [1.54, 1.807) is 0 Å². The van der Waals surface area contributed by atoms with Crippen molar-refractivity contribution in [3.8, 4) is 11.5 Å². The van der Waals surface area contributed by atoms with Crippen LogP contribution in [0.2, 0.25) is 0 Å². The Hall–Kier alpha value is -4.29. The molecule has 196 valence electrons. The number of anilines is 2. The third-order valence-electron chi connectivity index (χ3n) is 7.34. The van der Waals surface area contributed by atoms with Crippen LogP contribution >= 0.6 is 11.6 Å². The lowest BCUT2D eigenvalue weighted by atomic mass is 9.86. The summed E-state index contributed by atoms with van der Waals surface area (Å²) in [7, 11) is 0. The van der Waals surface area contributed by atoms with E-state index in [4.69, 9.17) is 16.3 Å². The molecule has 2 amide bonds. The smallest absolute Gasteiger partial charge is 0.246 e. The molecular formula is C32H28ClN3O3. The van der Waals surface area contributed by atoms with Crippen LogP contribution in [0.5, 0.6) is 11.5 Å². The van der Waals surface area contributed by atoms with Crippen molar-refractivity contribution in [3.05, 3.63) is 120 Å².